The van der Waals surface area contributed by atoms with Crippen LogP contribution in [0.5, 0.6) is 0 Å². The molecular formula is C13H16FN3O5S2. The van der Waals surface area contributed by atoms with Crippen LogP contribution in [0.1, 0.15) is 11.5 Å². The molecule has 0 aliphatic carbocycles. The number of nitrogens with one attached hydrogen (secondary N) is 1. The van der Waals surface area contributed by atoms with Crippen LogP contribution >= 0.6 is 0 Å². The van der Waals surface area contributed by atoms with Crippen LogP contribution in [0.3, 0.4) is 0 Å². The highest BCUT2D eigenvalue weighted by molar-refractivity contribution is 7.93. The molecule has 2 aromatic rings. The predicted octanol–water partition coefficient (Wildman–Crippen LogP) is 1.63. The molecule has 24 heavy (non-hydrogen) atoms. The van der Waals surface area contributed by atoms with Gasteiger partial charge in [0.05, 0.1) is 17.6 Å². The third kappa shape index (κ3) is 3.51. The number of aromatic nitrogens is 1. The summed E-state index contributed by atoms with van der Waals surface area (Å²) in [4.78, 5) is -0.181. The maximum absolute atomic E-state index is 13.5. The summed E-state index contributed by atoms with van der Waals surface area (Å²) in [6.45, 7) is 2.86. The highest BCUT2D eigenvalue weighted by atomic mass is 32.2. The first-order valence-electron chi connectivity index (χ1n) is 6.62. The molecule has 11 heteroatoms. The topological polar surface area (TPSA) is 110 Å². The molecule has 0 aliphatic rings. The molecule has 1 aromatic carbocycles. The lowest BCUT2D eigenvalue weighted by molar-refractivity contribution is 0.390. The van der Waals surface area contributed by atoms with Crippen molar-refractivity contribution in [2.24, 2.45) is 0 Å². The van der Waals surface area contributed by atoms with Crippen LogP contribution in [0.4, 0.5) is 15.8 Å². The van der Waals surface area contributed by atoms with Gasteiger partial charge in [-0.05, 0) is 26.0 Å². The number of sulfonamides is 2. The molecule has 0 amide bonds. The summed E-state index contributed by atoms with van der Waals surface area (Å²) < 4.78 is 69.9. The zero-order chi connectivity index (χ0) is 18.3. The van der Waals surface area contributed by atoms with Gasteiger partial charge in [-0.3, -0.25) is 9.03 Å². The zero-order valence-electron chi connectivity index (χ0n) is 13.4. The molecule has 0 saturated carbocycles. The van der Waals surface area contributed by atoms with Crippen LogP contribution in [0.2, 0.25) is 0 Å². The van der Waals surface area contributed by atoms with Crippen LogP contribution in [-0.4, -0.2) is 35.3 Å². The van der Waals surface area contributed by atoms with E-state index >= 15 is 0 Å². The van der Waals surface area contributed by atoms with E-state index in [9.17, 15) is 21.2 Å². The Morgan fingerprint density at radius 1 is 1.21 bits per heavy atom. The van der Waals surface area contributed by atoms with Gasteiger partial charge in [0.2, 0.25) is 10.0 Å². The first kappa shape index (κ1) is 18.2. The van der Waals surface area contributed by atoms with Crippen molar-refractivity contribution in [3.63, 3.8) is 0 Å². The smallest absolute Gasteiger partial charge is 0.267 e. The van der Waals surface area contributed by atoms with Crippen molar-refractivity contribution < 1.29 is 25.7 Å². The lowest BCUT2D eigenvalue weighted by Gasteiger charge is -2.21. The van der Waals surface area contributed by atoms with Crippen LogP contribution in [0.15, 0.2) is 27.6 Å². The molecule has 1 heterocycles. The van der Waals surface area contributed by atoms with Crippen molar-refractivity contribution in [2.45, 2.75) is 18.7 Å². The van der Waals surface area contributed by atoms with Crippen molar-refractivity contribution in [1.82, 2.24) is 5.16 Å². The van der Waals surface area contributed by atoms with Gasteiger partial charge in [0, 0.05) is 13.1 Å². The lowest BCUT2D eigenvalue weighted by atomic mass is 10.2. The van der Waals surface area contributed by atoms with Crippen molar-refractivity contribution in [2.75, 3.05) is 22.3 Å². The number of hydrogen-bond acceptors (Lipinski definition) is 6. The van der Waals surface area contributed by atoms with Gasteiger partial charge < -0.3 is 4.52 Å². The van der Waals surface area contributed by atoms with Gasteiger partial charge in [-0.15, -0.1) is 0 Å². The summed E-state index contributed by atoms with van der Waals surface area (Å²) in [5.74, 6) is -0.661. The molecule has 0 fully saturated rings. The minimum Gasteiger partial charge on any atom is -0.360 e. The Labute approximate surface area is 139 Å². The van der Waals surface area contributed by atoms with Crippen molar-refractivity contribution in [1.29, 1.82) is 0 Å². The van der Waals surface area contributed by atoms with Crippen LogP contribution in [-0.2, 0) is 20.0 Å². The Morgan fingerprint density at radius 2 is 1.83 bits per heavy atom. The number of benzene rings is 1. The van der Waals surface area contributed by atoms with Gasteiger partial charge in [0.15, 0.2) is 10.7 Å². The highest BCUT2D eigenvalue weighted by Gasteiger charge is 2.26. The monoisotopic (exact) mass is 377 g/mol. The molecule has 2 rings (SSSR count). The summed E-state index contributed by atoms with van der Waals surface area (Å²) in [5.41, 5.74) is -0.105. The SMILES string of the molecule is Cc1noc(C)c1S(=O)(=O)Nc1cc(F)ccc1N(C)S(C)(=O)=O. The summed E-state index contributed by atoms with van der Waals surface area (Å²) in [5, 5.41) is 3.56. The van der Waals surface area contributed by atoms with Crippen LogP contribution < -0.4 is 9.03 Å². The summed E-state index contributed by atoms with van der Waals surface area (Å²) in [6, 6.07) is 3.10. The maximum atomic E-state index is 13.5. The molecule has 0 unspecified atom stereocenters. The van der Waals surface area contributed by atoms with Gasteiger partial charge >= 0.3 is 0 Å². The van der Waals surface area contributed by atoms with E-state index in [4.69, 9.17) is 4.52 Å². The Morgan fingerprint density at radius 3 is 2.33 bits per heavy atom. The molecular weight excluding hydrogens is 361 g/mol. The highest BCUT2D eigenvalue weighted by Crippen LogP contribution is 2.31. The van der Waals surface area contributed by atoms with Crippen LogP contribution in [0, 0.1) is 19.7 Å². The van der Waals surface area contributed by atoms with E-state index in [-0.39, 0.29) is 27.7 Å². The van der Waals surface area contributed by atoms with E-state index in [1.54, 1.807) is 0 Å². The number of anilines is 2. The number of rotatable bonds is 5. The molecule has 1 aromatic heterocycles. The number of halogens is 1. The fourth-order valence-corrected chi connectivity index (χ4v) is 4.01. The summed E-state index contributed by atoms with van der Waals surface area (Å²) >= 11 is 0. The number of hydrogen-bond donors (Lipinski definition) is 1. The molecule has 1 N–H and O–H groups in total. The second-order valence-electron chi connectivity index (χ2n) is 5.15. The second-order valence-corrected chi connectivity index (χ2v) is 8.78. The molecule has 0 bridgehead atoms. The first-order chi connectivity index (χ1) is 10.9. The molecule has 0 aliphatic heterocycles. The average Bonchev–Trinajstić information content (AvgIpc) is 2.76. The molecule has 0 radical (unpaired) electrons. The van der Waals surface area contributed by atoms with Crippen molar-refractivity contribution >= 4 is 31.4 Å². The normalized spacial score (nSPS) is 12.2. The molecule has 0 saturated heterocycles. The first-order valence-corrected chi connectivity index (χ1v) is 9.96. The third-order valence-corrected chi connectivity index (χ3v) is 6.08. The van der Waals surface area contributed by atoms with E-state index < -0.39 is 25.9 Å². The maximum Gasteiger partial charge on any atom is 0.267 e. The Balaban J connectivity index is 2.56. The minimum absolute atomic E-state index is 0.0192. The fourth-order valence-electron chi connectivity index (χ4n) is 2.10. The molecule has 132 valence electrons. The standard InChI is InChI=1S/C13H16FN3O5S2/c1-8-13(9(2)22-15-8)24(20,21)16-11-7-10(14)5-6-12(11)17(3)23(4,18)19/h5-7,16H,1-4H3. The second kappa shape index (κ2) is 6.06. The van der Waals surface area contributed by atoms with Gasteiger partial charge in [0.1, 0.15) is 11.5 Å². The fraction of sp³-hybridized carbons (Fsp3) is 0.308. The Hall–Kier alpha value is -2.14. The lowest BCUT2D eigenvalue weighted by Crippen LogP contribution is -2.26. The van der Waals surface area contributed by atoms with Gasteiger partial charge in [-0.1, -0.05) is 5.16 Å². The largest absolute Gasteiger partial charge is 0.360 e. The molecule has 0 spiro atoms. The number of aryl methyl sites for hydroxylation is 2. The third-order valence-electron chi connectivity index (χ3n) is 3.28. The average molecular weight is 377 g/mol. The van der Waals surface area contributed by atoms with Gasteiger partial charge in [0.25, 0.3) is 10.0 Å². The Kier molecular flexibility index (Phi) is 4.59. The number of nitrogens with zero attached hydrogens (tertiary/aromatic N) is 2. The zero-order valence-corrected chi connectivity index (χ0v) is 15.0. The van der Waals surface area contributed by atoms with Gasteiger partial charge in [-0.25, -0.2) is 21.2 Å². The van der Waals surface area contributed by atoms with E-state index in [0.29, 0.717) is 0 Å². The van der Waals surface area contributed by atoms with E-state index in [2.05, 4.69) is 9.88 Å². The van der Waals surface area contributed by atoms with E-state index in [1.807, 2.05) is 0 Å². The Bertz CT molecular complexity index is 964. The van der Waals surface area contributed by atoms with Gasteiger partial charge in [-0.2, -0.15) is 0 Å². The van der Waals surface area contributed by atoms with E-state index in [0.717, 1.165) is 22.7 Å². The molecule has 0 atom stereocenters. The van der Waals surface area contributed by atoms with Crippen LogP contribution in [0.25, 0.3) is 0 Å². The summed E-state index contributed by atoms with van der Waals surface area (Å²) in [6.07, 6.45) is 0.947. The predicted molar refractivity (Wildman–Crippen MR) is 86.4 cm³/mol. The van der Waals surface area contributed by atoms with E-state index in [1.165, 1.54) is 27.0 Å². The van der Waals surface area contributed by atoms with Crippen molar-refractivity contribution in [3.05, 3.63) is 35.5 Å². The summed E-state index contributed by atoms with van der Waals surface area (Å²) in [7, 11) is -6.58. The quantitative estimate of drug-likeness (QED) is 0.848. The van der Waals surface area contributed by atoms with Crippen molar-refractivity contribution in [3.8, 4) is 0 Å². The molecule has 8 nitrogen and oxygen atoms in total. The minimum atomic E-state index is -4.14.